The molecule has 78 valence electrons. The predicted molar refractivity (Wildman–Crippen MR) is 59.3 cm³/mol. The first-order chi connectivity index (χ1) is 6.84. The molecular weight excluding hydrogens is 196 g/mol. The largest absolute Gasteiger partial charge is 0.375 e. The molecule has 4 nitrogen and oxygen atoms in total. The fraction of sp³-hybridized carbons (Fsp3) is 0.667. The molecule has 0 radical (unpaired) electrons. The van der Waals surface area contributed by atoms with Gasteiger partial charge < -0.3 is 16.4 Å². The van der Waals surface area contributed by atoms with Crippen LogP contribution in [0.1, 0.15) is 17.7 Å². The lowest BCUT2D eigenvalue weighted by atomic mass is 10.1. The SMILES string of the molecule is Nc1ncc(CNC2CCNCC2)s1. The molecular formula is C9H16N4S. The molecule has 0 spiro atoms. The molecule has 0 saturated carbocycles. The van der Waals surface area contributed by atoms with Crippen molar-refractivity contribution in [2.45, 2.75) is 25.4 Å². The quantitative estimate of drug-likeness (QED) is 0.685. The number of hydrogen-bond donors (Lipinski definition) is 3. The van der Waals surface area contributed by atoms with E-state index in [0.717, 1.165) is 19.6 Å². The first kappa shape index (κ1) is 9.89. The summed E-state index contributed by atoms with van der Waals surface area (Å²) >= 11 is 1.56. The minimum atomic E-state index is 0.652. The number of piperidine rings is 1. The van der Waals surface area contributed by atoms with E-state index in [2.05, 4.69) is 15.6 Å². The molecule has 0 bridgehead atoms. The van der Waals surface area contributed by atoms with E-state index in [4.69, 9.17) is 5.73 Å². The Balaban J connectivity index is 1.76. The molecule has 0 aliphatic carbocycles. The van der Waals surface area contributed by atoms with Gasteiger partial charge in [0.1, 0.15) is 0 Å². The summed E-state index contributed by atoms with van der Waals surface area (Å²) in [5.74, 6) is 0. The molecule has 2 rings (SSSR count). The molecule has 1 aliphatic heterocycles. The Morgan fingerprint density at radius 2 is 2.36 bits per heavy atom. The Morgan fingerprint density at radius 1 is 1.57 bits per heavy atom. The van der Waals surface area contributed by atoms with Crippen LogP contribution in [0.25, 0.3) is 0 Å². The van der Waals surface area contributed by atoms with Gasteiger partial charge in [-0.1, -0.05) is 0 Å². The van der Waals surface area contributed by atoms with E-state index >= 15 is 0 Å². The zero-order valence-corrected chi connectivity index (χ0v) is 8.94. The van der Waals surface area contributed by atoms with Crippen LogP contribution in [-0.2, 0) is 6.54 Å². The van der Waals surface area contributed by atoms with Crippen LogP contribution in [0.4, 0.5) is 5.13 Å². The maximum atomic E-state index is 5.56. The molecule has 2 heterocycles. The first-order valence-electron chi connectivity index (χ1n) is 4.99. The van der Waals surface area contributed by atoms with Crippen LogP contribution >= 0.6 is 11.3 Å². The Labute approximate surface area is 87.9 Å². The van der Waals surface area contributed by atoms with Crippen LogP contribution in [0.15, 0.2) is 6.20 Å². The van der Waals surface area contributed by atoms with E-state index in [1.54, 1.807) is 11.3 Å². The number of nitrogen functional groups attached to an aromatic ring is 1. The van der Waals surface area contributed by atoms with Gasteiger partial charge in [-0.05, 0) is 25.9 Å². The number of hydrogen-bond acceptors (Lipinski definition) is 5. The Bertz CT molecular complexity index is 280. The average molecular weight is 212 g/mol. The van der Waals surface area contributed by atoms with Gasteiger partial charge in [-0.3, -0.25) is 0 Å². The number of thiazole rings is 1. The summed E-state index contributed by atoms with van der Waals surface area (Å²) in [4.78, 5) is 5.25. The van der Waals surface area contributed by atoms with E-state index in [1.165, 1.54) is 17.7 Å². The van der Waals surface area contributed by atoms with Gasteiger partial charge in [-0.15, -0.1) is 11.3 Å². The maximum Gasteiger partial charge on any atom is 0.180 e. The topological polar surface area (TPSA) is 63.0 Å². The third kappa shape index (κ3) is 2.67. The third-order valence-electron chi connectivity index (χ3n) is 2.48. The highest BCUT2D eigenvalue weighted by Gasteiger charge is 2.12. The molecule has 1 aliphatic rings. The first-order valence-corrected chi connectivity index (χ1v) is 5.80. The molecule has 0 atom stereocenters. The zero-order chi connectivity index (χ0) is 9.80. The number of nitrogens with one attached hydrogen (secondary N) is 2. The number of nitrogens with zero attached hydrogens (tertiary/aromatic N) is 1. The third-order valence-corrected chi connectivity index (χ3v) is 3.30. The number of anilines is 1. The molecule has 4 N–H and O–H groups in total. The monoisotopic (exact) mass is 212 g/mol. The smallest absolute Gasteiger partial charge is 0.180 e. The molecule has 0 aromatic carbocycles. The summed E-state index contributed by atoms with van der Waals surface area (Å²) in [6, 6.07) is 0.652. The molecule has 14 heavy (non-hydrogen) atoms. The van der Waals surface area contributed by atoms with Crippen molar-refractivity contribution in [1.82, 2.24) is 15.6 Å². The van der Waals surface area contributed by atoms with Crippen LogP contribution in [0.3, 0.4) is 0 Å². The summed E-state index contributed by atoms with van der Waals surface area (Å²) in [6.45, 7) is 3.16. The van der Waals surface area contributed by atoms with Gasteiger partial charge in [0.05, 0.1) is 0 Å². The minimum absolute atomic E-state index is 0.652. The second-order valence-electron chi connectivity index (χ2n) is 3.57. The molecule has 0 unspecified atom stereocenters. The van der Waals surface area contributed by atoms with Gasteiger partial charge in [0.2, 0.25) is 0 Å². The van der Waals surface area contributed by atoms with Crippen LogP contribution < -0.4 is 16.4 Å². The lowest BCUT2D eigenvalue weighted by Crippen LogP contribution is -2.39. The summed E-state index contributed by atoms with van der Waals surface area (Å²) in [5, 5.41) is 7.53. The maximum absolute atomic E-state index is 5.56. The van der Waals surface area contributed by atoms with E-state index in [0.29, 0.717) is 11.2 Å². The highest BCUT2D eigenvalue weighted by atomic mass is 32.1. The summed E-state index contributed by atoms with van der Waals surface area (Å²) < 4.78 is 0. The van der Waals surface area contributed by atoms with Crippen molar-refractivity contribution < 1.29 is 0 Å². The van der Waals surface area contributed by atoms with Crippen molar-refractivity contribution >= 4 is 16.5 Å². The van der Waals surface area contributed by atoms with Gasteiger partial charge in [-0.2, -0.15) is 0 Å². The standard InChI is InChI=1S/C9H16N4S/c10-9-13-6-8(14-9)5-12-7-1-3-11-4-2-7/h6-7,11-12H,1-5H2,(H2,10,13). The fourth-order valence-corrected chi connectivity index (χ4v) is 2.31. The molecule has 1 saturated heterocycles. The van der Waals surface area contributed by atoms with E-state index < -0.39 is 0 Å². The second kappa shape index (κ2) is 4.72. The van der Waals surface area contributed by atoms with Gasteiger partial charge in [0, 0.05) is 23.7 Å². The van der Waals surface area contributed by atoms with Crippen molar-refractivity contribution in [3.63, 3.8) is 0 Å². The van der Waals surface area contributed by atoms with Crippen molar-refractivity contribution in [2.75, 3.05) is 18.8 Å². The minimum Gasteiger partial charge on any atom is -0.375 e. The van der Waals surface area contributed by atoms with Crippen LogP contribution in [0.2, 0.25) is 0 Å². The van der Waals surface area contributed by atoms with E-state index in [-0.39, 0.29) is 0 Å². The van der Waals surface area contributed by atoms with E-state index in [1.807, 2.05) is 6.20 Å². The summed E-state index contributed by atoms with van der Waals surface area (Å²) in [7, 11) is 0. The average Bonchev–Trinajstić information content (AvgIpc) is 2.63. The zero-order valence-electron chi connectivity index (χ0n) is 8.12. The molecule has 0 amide bonds. The van der Waals surface area contributed by atoms with Crippen molar-refractivity contribution in [3.05, 3.63) is 11.1 Å². The molecule has 1 aromatic rings. The van der Waals surface area contributed by atoms with Crippen molar-refractivity contribution in [1.29, 1.82) is 0 Å². The van der Waals surface area contributed by atoms with Crippen LogP contribution in [-0.4, -0.2) is 24.1 Å². The Kier molecular flexibility index (Phi) is 3.34. The van der Waals surface area contributed by atoms with E-state index in [9.17, 15) is 0 Å². The number of nitrogens with two attached hydrogens (primary N) is 1. The predicted octanol–water partition coefficient (Wildman–Crippen LogP) is 0.567. The number of aromatic nitrogens is 1. The van der Waals surface area contributed by atoms with Gasteiger partial charge in [0.25, 0.3) is 0 Å². The molecule has 1 fully saturated rings. The molecule has 5 heteroatoms. The van der Waals surface area contributed by atoms with Gasteiger partial charge >= 0.3 is 0 Å². The second-order valence-corrected chi connectivity index (χ2v) is 4.72. The lowest BCUT2D eigenvalue weighted by molar-refractivity contribution is 0.387. The van der Waals surface area contributed by atoms with Crippen molar-refractivity contribution in [2.24, 2.45) is 0 Å². The highest BCUT2D eigenvalue weighted by molar-refractivity contribution is 7.15. The van der Waals surface area contributed by atoms with Crippen LogP contribution in [0.5, 0.6) is 0 Å². The highest BCUT2D eigenvalue weighted by Crippen LogP contribution is 2.14. The van der Waals surface area contributed by atoms with Crippen LogP contribution in [0, 0.1) is 0 Å². The normalized spacial score (nSPS) is 18.6. The van der Waals surface area contributed by atoms with Gasteiger partial charge in [0.15, 0.2) is 5.13 Å². The van der Waals surface area contributed by atoms with Crippen molar-refractivity contribution in [3.8, 4) is 0 Å². The summed E-state index contributed by atoms with van der Waals surface area (Å²) in [5.41, 5.74) is 5.56. The molecule has 1 aromatic heterocycles. The van der Waals surface area contributed by atoms with Gasteiger partial charge in [-0.25, -0.2) is 4.98 Å². The lowest BCUT2D eigenvalue weighted by Gasteiger charge is -2.23. The fourth-order valence-electron chi connectivity index (χ4n) is 1.68. The number of rotatable bonds is 3. The Morgan fingerprint density at radius 3 is 3.00 bits per heavy atom. The summed E-state index contributed by atoms with van der Waals surface area (Å²) in [6.07, 6.45) is 4.29. The Hall–Kier alpha value is -0.650.